The van der Waals surface area contributed by atoms with E-state index in [0.717, 1.165) is 54.5 Å². The molecule has 0 radical (unpaired) electrons. The van der Waals surface area contributed by atoms with Gasteiger partial charge in [0, 0.05) is 28.7 Å². The van der Waals surface area contributed by atoms with E-state index in [1.807, 2.05) is 31.3 Å². The maximum atomic E-state index is 13.4. The molecule has 0 spiro atoms. The predicted molar refractivity (Wildman–Crippen MR) is 110 cm³/mol. The molecule has 146 valence electrons. The van der Waals surface area contributed by atoms with Crippen molar-refractivity contribution in [3.8, 4) is 0 Å². The number of hydrogen-bond donors (Lipinski definition) is 1. The monoisotopic (exact) mass is 397 g/mol. The van der Waals surface area contributed by atoms with Crippen LogP contribution in [0.15, 0.2) is 30.5 Å². The van der Waals surface area contributed by atoms with Crippen molar-refractivity contribution in [2.45, 2.75) is 51.9 Å². The molecule has 4 nitrogen and oxygen atoms in total. The molecule has 1 unspecified atom stereocenters. The number of rotatable bonds is 4. The van der Waals surface area contributed by atoms with Gasteiger partial charge in [-0.1, -0.05) is 29.8 Å². The summed E-state index contributed by atoms with van der Waals surface area (Å²) < 4.78 is 2.16. The van der Waals surface area contributed by atoms with Crippen molar-refractivity contribution >= 4 is 29.1 Å². The number of fused-ring (bicyclic) bond motifs is 1. The summed E-state index contributed by atoms with van der Waals surface area (Å²) in [6.07, 6.45) is 9.95. The number of nitrogens with zero attached hydrogens (tertiary/aromatic N) is 1. The smallest absolute Gasteiger partial charge is 0.306 e. The second-order valence-corrected chi connectivity index (χ2v) is 8.22. The first kappa shape index (κ1) is 19.0. The van der Waals surface area contributed by atoms with Gasteiger partial charge in [-0.3, -0.25) is 9.59 Å². The van der Waals surface area contributed by atoms with Crippen molar-refractivity contribution in [1.29, 1.82) is 0 Å². The third-order valence-electron chi connectivity index (χ3n) is 6.05. The van der Waals surface area contributed by atoms with Crippen LogP contribution in [0.5, 0.6) is 0 Å². The molecule has 0 amide bonds. The number of aromatic nitrogens is 1. The van der Waals surface area contributed by atoms with Crippen LogP contribution in [0.3, 0.4) is 0 Å². The van der Waals surface area contributed by atoms with Crippen LogP contribution in [0.4, 0.5) is 0 Å². The molecule has 2 aliphatic rings. The molecule has 1 aromatic carbocycles. The number of carboxylic acids is 1. The van der Waals surface area contributed by atoms with E-state index < -0.39 is 5.97 Å². The molecule has 1 N–H and O–H groups in total. The van der Waals surface area contributed by atoms with E-state index in [4.69, 9.17) is 11.6 Å². The first-order valence-corrected chi connectivity index (χ1v) is 10.3. The van der Waals surface area contributed by atoms with Crippen molar-refractivity contribution in [3.63, 3.8) is 0 Å². The largest absolute Gasteiger partial charge is 0.481 e. The predicted octanol–water partition coefficient (Wildman–Crippen LogP) is 5.29. The van der Waals surface area contributed by atoms with Crippen LogP contribution in [0.25, 0.3) is 5.70 Å². The minimum Gasteiger partial charge on any atom is -0.481 e. The second kappa shape index (κ2) is 7.59. The number of aliphatic carboxylic acids is 1. The third-order valence-corrected chi connectivity index (χ3v) is 6.37. The van der Waals surface area contributed by atoms with E-state index in [1.54, 1.807) is 6.07 Å². The van der Waals surface area contributed by atoms with Gasteiger partial charge in [-0.05, 0) is 69.1 Å². The first-order valence-electron chi connectivity index (χ1n) is 9.92. The summed E-state index contributed by atoms with van der Waals surface area (Å²) in [5.41, 5.74) is 5.67. The first-order chi connectivity index (χ1) is 13.5. The number of ketones is 1. The van der Waals surface area contributed by atoms with Crippen LogP contribution < -0.4 is 0 Å². The topological polar surface area (TPSA) is 59.3 Å². The lowest BCUT2D eigenvalue weighted by atomic mass is 9.90. The van der Waals surface area contributed by atoms with Gasteiger partial charge >= 0.3 is 5.97 Å². The minimum absolute atomic E-state index is 0.0141. The number of carbonyl (C=O) groups is 2. The van der Waals surface area contributed by atoms with Crippen LogP contribution in [0.1, 0.15) is 64.8 Å². The third kappa shape index (κ3) is 3.30. The molecule has 4 rings (SSSR count). The Labute approximate surface area is 169 Å². The molecule has 0 bridgehead atoms. The van der Waals surface area contributed by atoms with E-state index >= 15 is 0 Å². The molecule has 0 fully saturated rings. The normalized spacial score (nSPS) is 19.1. The Morgan fingerprint density at radius 2 is 1.96 bits per heavy atom. The molecule has 5 heteroatoms. The minimum atomic E-state index is -0.727. The average Bonchev–Trinajstić information content (AvgIpc) is 3.07. The summed E-state index contributed by atoms with van der Waals surface area (Å²) in [5.74, 6) is -1.04. The summed E-state index contributed by atoms with van der Waals surface area (Å²) in [4.78, 5) is 24.7. The number of allylic oxidation sites excluding steroid dienone is 2. The van der Waals surface area contributed by atoms with Crippen molar-refractivity contribution in [2.24, 2.45) is 5.92 Å². The molecule has 2 aliphatic carbocycles. The quantitative estimate of drug-likeness (QED) is 0.713. The SMILES string of the molecule is Cc1cccc(Cl)c1C(=O)c1cn(C2=CCC(C(=O)O)CC2)c2c1CCCC2. The lowest BCUT2D eigenvalue weighted by Gasteiger charge is -2.22. The Bertz CT molecular complexity index is 966. The number of halogens is 1. The molecular formula is C23H24ClNO3. The fraction of sp³-hybridized carbons (Fsp3) is 0.391. The highest BCUT2D eigenvalue weighted by Crippen LogP contribution is 2.35. The molecule has 1 heterocycles. The van der Waals surface area contributed by atoms with Crippen LogP contribution in [-0.2, 0) is 17.6 Å². The Morgan fingerprint density at radius 1 is 1.18 bits per heavy atom. The van der Waals surface area contributed by atoms with Gasteiger partial charge < -0.3 is 9.67 Å². The Morgan fingerprint density at radius 3 is 2.64 bits per heavy atom. The molecule has 1 aromatic heterocycles. The fourth-order valence-electron chi connectivity index (χ4n) is 4.50. The highest BCUT2D eigenvalue weighted by atomic mass is 35.5. The number of hydrogen-bond acceptors (Lipinski definition) is 2. The molecule has 1 atom stereocenters. The zero-order valence-electron chi connectivity index (χ0n) is 16.0. The van der Waals surface area contributed by atoms with E-state index in [-0.39, 0.29) is 11.7 Å². The number of carbonyl (C=O) groups excluding carboxylic acids is 1. The summed E-state index contributed by atoms with van der Waals surface area (Å²) >= 11 is 6.36. The Hall–Kier alpha value is -2.33. The highest BCUT2D eigenvalue weighted by molar-refractivity contribution is 6.35. The second-order valence-electron chi connectivity index (χ2n) is 7.81. The Balaban J connectivity index is 1.76. The van der Waals surface area contributed by atoms with Gasteiger partial charge in [-0.2, -0.15) is 0 Å². The number of benzene rings is 1. The van der Waals surface area contributed by atoms with Crippen molar-refractivity contribution in [2.75, 3.05) is 0 Å². The molecular weight excluding hydrogens is 374 g/mol. The summed E-state index contributed by atoms with van der Waals surface area (Å²) in [7, 11) is 0. The van der Waals surface area contributed by atoms with Crippen molar-refractivity contribution in [3.05, 3.63) is 63.4 Å². The molecule has 0 aliphatic heterocycles. The lowest BCUT2D eigenvalue weighted by Crippen LogP contribution is -2.18. The molecule has 2 aromatic rings. The number of aryl methyl sites for hydroxylation is 1. The van der Waals surface area contributed by atoms with Gasteiger partial charge in [0.1, 0.15) is 0 Å². The maximum Gasteiger partial charge on any atom is 0.306 e. The van der Waals surface area contributed by atoms with E-state index in [0.29, 0.717) is 23.4 Å². The van der Waals surface area contributed by atoms with Crippen molar-refractivity contribution < 1.29 is 14.7 Å². The standard InChI is InChI=1S/C23H24ClNO3/c1-14-5-4-7-19(24)21(14)22(26)18-13-25(20-8-3-2-6-17(18)20)16-11-9-15(10-12-16)23(27)28/h4-5,7,11,13,15H,2-3,6,8-10,12H2,1H3,(H,27,28). The van der Waals surface area contributed by atoms with E-state index in [2.05, 4.69) is 4.57 Å². The number of carboxylic acid groups (broad SMARTS) is 1. The highest BCUT2D eigenvalue weighted by Gasteiger charge is 2.28. The lowest BCUT2D eigenvalue weighted by molar-refractivity contribution is -0.141. The van der Waals surface area contributed by atoms with Crippen molar-refractivity contribution in [1.82, 2.24) is 4.57 Å². The summed E-state index contributed by atoms with van der Waals surface area (Å²) in [6, 6.07) is 5.54. The summed E-state index contributed by atoms with van der Waals surface area (Å²) in [6.45, 7) is 1.91. The van der Waals surface area contributed by atoms with Crippen LogP contribution in [-0.4, -0.2) is 21.4 Å². The zero-order valence-corrected chi connectivity index (χ0v) is 16.8. The fourth-order valence-corrected chi connectivity index (χ4v) is 4.81. The van der Waals surface area contributed by atoms with Gasteiger partial charge in [0.05, 0.1) is 10.9 Å². The van der Waals surface area contributed by atoms with Gasteiger partial charge in [-0.15, -0.1) is 0 Å². The molecule has 0 saturated carbocycles. The summed E-state index contributed by atoms with van der Waals surface area (Å²) in [5, 5.41) is 9.74. The van der Waals surface area contributed by atoms with Gasteiger partial charge in [0.2, 0.25) is 0 Å². The van der Waals surface area contributed by atoms with Crippen LogP contribution in [0.2, 0.25) is 5.02 Å². The van der Waals surface area contributed by atoms with E-state index in [9.17, 15) is 14.7 Å². The van der Waals surface area contributed by atoms with Crippen LogP contribution >= 0.6 is 11.6 Å². The van der Waals surface area contributed by atoms with Gasteiger partial charge in [0.15, 0.2) is 5.78 Å². The molecule has 28 heavy (non-hydrogen) atoms. The molecule has 0 saturated heterocycles. The maximum absolute atomic E-state index is 13.4. The van der Waals surface area contributed by atoms with Gasteiger partial charge in [0.25, 0.3) is 0 Å². The zero-order chi connectivity index (χ0) is 19.8. The average molecular weight is 398 g/mol. The van der Waals surface area contributed by atoms with Crippen LogP contribution in [0, 0.1) is 12.8 Å². The Kier molecular flexibility index (Phi) is 5.15. The van der Waals surface area contributed by atoms with E-state index in [1.165, 1.54) is 5.69 Å². The van der Waals surface area contributed by atoms with Gasteiger partial charge in [-0.25, -0.2) is 0 Å².